The van der Waals surface area contributed by atoms with E-state index in [1.54, 1.807) is 13.8 Å². The number of amides is 1. The molecule has 0 saturated carbocycles. The molecule has 0 saturated heterocycles. The summed E-state index contributed by atoms with van der Waals surface area (Å²) in [5, 5.41) is 8.86. The molecule has 26 heavy (non-hydrogen) atoms. The van der Waals surface area contributed by atoms with Crippen LogP contribution in [-0.4, -0.2) is 60.8 Å². The van der Waals surface area contributed by atoms with Crippen molar-refractivity contribution in [3.05, 3.63) is 29.8 Å². The van der Waals surface area contributed by atoms with Crippen molar-refractivity contribution in [1.29, 1.82) is 0 Å². The highest BCUT2D eigenvalue weighted by molar-refractivity contribution is 7.89. The molecule has 0 aliphatic carbocycles. The average Bonchev–Trinajstić information content (AvgIpc) is 2.56. The Hall–Kier alpha value is -1.93. The van der Waals surface area contributed by atoms with Crippen LogP contribution in [0.25, 0.3) is 0 Å². The molecule has 1 aromatic rings. The highest BCUT2D eigenvalue weighted by atomic mass is 32.2. The van der Waals surface area contributed by atoms with Gasteiger partial charge < -0.3 is 10.0 Å². The van der Waals surface area contributed by atoms with E-state index in [4.69, 9.17) is 5.11 Å². The Kier molecular flexibility index (Phi) is 7.77. The fourth-order valence-electron chi connectivity index (χ4n) is 2.34. The van der Waals surface area contributed by atoms with Gasteiger partial charge in [0.05, 0.1) is 11.3 Å². The average molecular weight is 384 g/mol. The van der Waals surface area contributed by atoms with Crippen molar-refractivity contribution >= 4 is 21.9 Å². The number of sulfonamides is 1. The minimum Gasteiger partial charge on any atom is -0.481 e. The van der Waals surface area contributed by atoms with Gasteiger partial charge in [-0.15, -0.1) is 0 Å². The van der Waals surface area contributed by atoms with Crippen LogP contribution in [0.1, 0.15) is 44.5 Å². The van der Waals surface area contributed by atoms with Gasteiger partial charge in [0.15, 0.2) is 0 Å². The predicted octanol–water partition coefficient (Wildman–Crippen LogP) is 2.29. The fraction of sp³-hybridized carbons (Fsp3) is 0.556. The van der Waals surface area contributed by atoms with Crippen LogP contribution in [0.5, 0.6) is 0 Å². The predicted molar refractivity (Wildman–Crippen MR) is 99.5 cm³/mol. The largest absolute Gasteiger partial charge is 0.481 e. The van der Waals surface area contributed by atoms with Crippen LogP contribution in [0.15, 0.2) is 29.2 Å². The summed E-state index contributed by atoms with van der Waals surface area (Å²) in [6.45, 7) is 7.99. The molecule has 0 radical (unpaired) electrons. The Morgan fingerprint density at radius 3 is 2.04 bits per heavy atom. The van der Waals surface area contributed by atoms with Crippen molar-refractivity contribution in [3.8, 4) is 0 Å². The zero-order valence-electron chi connectivity index (χ0n) is 16.0. The molecule has 0 bridgehead atoms. The second-order valence-corrected chi connectivity index (χ2v) is 8.93. The number of aliphatic carboxylic acids is 1. The fourth-order valence-corrected chi connectivity index (χ4v) is 3.71. The van der Waals surface area contributed by atoms with E-state index in [9.17, 15) is 18.0 Å². The topological polar surface area (TPSA) is 95.0 Å². The molecular formula is C18H28N2O5S. The zero-order chi connectivity index (χ0) is 20.1. The molecule has 0 fully saturated rings. The van der Waals surface area contributed by atoms with Gasteiger partial charge >= 0.3 is 5.97 Å². The standard InChI is InChI=1S/C18H28N2O5S/c1-13(2)12-20(11-10-17(21)22)18(23)15-6-8-16(9-7-15)26(24,25)19(5)14(3)4/h6-9,13-14H,10-12H2,1-5H3,(H,21,22). The summed E-state index contributed by atoms with van der Waals surface area (Å²) >= 11 is 0. The summed E-state index contributed by atoms with van der Waals surface area (Å²) < 4.78 is 26.2. The number of carbonyl (C=O) groups is 2. The molecule has 0 heterocycles. The summed E-state index contributed by atoms with van der Waals surface area (Å²) in [6.07, 6.45) is -0.135. The summed E-state index contributed by atoms with van der Waals surface area (Å²) in [7, 11) is -2.10. The maximum Gasteiger partial charge on any atom is 0.305 e. The summed E-state index contributed by atoms with van der Waals surface area (Å²) in [6, 6.07) is 5.58. The Morgan fingerprint density at radius 2 is 1.62 bits per heavy atom. The Bertz CT molecular complexity index is 726. The Labute approximate surface area is 155 Å². The lowest BCUT2D eigenvalue weighted by Crippen LogP contribution is -2.36. The number of carboxylic acids is 1. The number of carbonyl (C=O) groups excluding carboxylic acids is 1. The molecule has 0 aliphatic rings. The number of benzene rings is 1. The Morgan fingerprint density at radius 1 is 1.08 bits per heavy atom. The number of carboxylic acid groups (broad SMARTS) is 1. The van der Waals surface area contributed by atoms with E-state index < -0.39 is 16.0 Å². The summed E-state index contributed by atoms with van der Waals surface area (Å²) in [5.41, 5.74) is 0.335. The van der Waals surface area contributed by atoms with Gasteiger partial charge in [0.25, 0.3) is 5.91 Å². The highest BCUT2D eigenvalue weighted by Gasteiger charge is 2.24. The number of hydrogen-bond donors (Lipinski definition) is 1. The second kappa shape index (κ2) is 9.14. The van der Waals surface area contributed by atoms with Gasteiger partial charge in [0, 0.05) is 31.7 Å². The molecule has 1 aromatic carbocycles. The molecular weight excluding hydrogens is 356 g/mol. The maximum absolute atomic E-state index is 12.7. The van der Waals surface area contributed by atoms with Gasteiger partial charge in [-0.2, -0.15) is 4.31 Å². The quantitative estimate of drug-likeness (QED) is 0.705. The van der Waals surface area contributed by atoms with Crippen LogP contribution in [0.2, 0.25) is 0 Å². The third kappa shape index (κ3) is 5.81. The molecule has 0 unspecified atom stereocenters. The summed E-state index contributed by atoms with van der Waals surface area (Å²) in [4.78, 5) is 25.1. The minimum absolute atomic E-state index is 0.114. The molecule has 7 nitrogen and oxygen atoms in total. The first kappa shape index (κ1) is 22.1. The minimum atomic E-state index is -3.61. The van der Waals surface area contributed by atoms with Crippen LogP contribution in [0, 0.1) is 5.92 Å². The van der Waals surface area contributed by atoms with Crippen molar-refractivity contribution in [2.75, 3.05) is 20.1 Å². The normalized spacial score (nSPS) is 12.0. The lowest BCUT2D eigenvalue weighted by molar-refractivity contribution is -0.137. The first-order valence-electron chi connectivity index (χ1n) is 8.56. The molecule has 1 rings (SSSR count). The van der Waals surface area contributed by atoms with E-state index in [1.807, 2.05) is 13.8 Å². The van der Waals surface area contributed by atoms with Crippen LogP contribution >= 0.6 is 0 Å². The molecule has 0 aromatic heterocycles. The third-order valence-electron chi connectivity index (χ3n) is 3.97. The molecule has 8 heteroatoms. The van der Waals surface area contributed by atoms with Gasteiger partial charge in [-0.05, 0) is 44.0 Å². The van der Waals surface area contributed by atoms with Gasteiger partial charge in [-0.3, -0.25) is 9.59 Å². The molecule has 1 amide bonds. The van der Waals surface area contributed by atoms with Crippen molar-refractivity contribution < 1.29 is 23.1 Å². The maximum atomic E-state index is 12.7. The first-order valence-corrected chi connectivity index (χ1v) is 10.00. The van der Waals surface area contributed by atoms with E-state index in [-0.39, 0.29) is 35.7 Å². The Balaban J connectivity index is 3.04. The van der Waals surface area contributed by atoms with Crippen LogP contribution in [-0.2, 0) is 14.8 Å². The van der Waals surface area contributed by atoms with E-state index >= 15 is 0 Å². The van der Waals surface area contributed by atoms with E-state index in [0.29, 0.717) is 12.1 Å². The summed E-state index contributed by atoms with van der Waals surface area (Å²) in [5.74, 6) is -1.09. The van der Waals surface area contributed by atoms with Gasteiger partial charge in [-0.25, -0.2) is 8.42 Å². The van der Waals surface area contributed by atoms with E-state index in [1.165, 1.54) is 40.5 Å². The monoisotopic (exact) mass is 384 g/mol. The van der Waals surface area contributed by atoms with Crippen molar-refractivity contribution in [3.63, 3.8) is 0 Å². The van der Waals surface area contributed by atoms with Gasteiger partial charge in [-0.1, -0.05) is 13.8 Å². The van der Waals surface area contributed by atoms with Crippen molar-refractivity contribution in [2.45, 2.75) is 45.1 Å². The second-order valence-electron chi connectivity index (χ2n) is 6.93. The molecule has 1 N–H and O–H groups in total. The van der Waals surface area contributed by atoms with Crippen molar-refractivity contribution in [1.82, 2.24) is 9.21 Å². The molecule has 146 valence electrons. The molecule has 0 atom stereocenters. The third-order valence-corrected chi connectivity index (χ3v) is 6.02. The van der Waals surface area contributed by atoms with Gasteiger partial charge in [0.2, 0.25) is 10.0 Å². The van der Waals surface area contributed by atoms with Crippen LogP contribution in [0.4, 0.5) is 0 Å². The lowest BCUT2D eigenvalue weighted by atomic mass is 10.1. The van der Waals surface area contributed by atoms with E-state index in [2.05, 4.69) is 0 Å². The van der Waals surface area contributed by atoms with Crippen molar-refractivity contribution in [2.24, 2.45) is 5.92 Å². The number of rotatable bonds is 9. The molecule has 0 spiro atoms. The smallest absolute Gasteiger partial charge is 0.305 e. The van der Waals surface area contributed by atoms with Crippen LogP contribution in [0.3, 0.4) is 0 Å². The zero-order valence-corrected chi connectivity index (χ0v) is 16.8. The van der Waals surface area contributed by atoms with Crippen LogP contribution < -0.4 is 0 Å². The number of hydrogen-bond acceptors (Lipinski definition) is 4. The first-order chi connectivity index (χ1) is 12.0. The van der Waals surface area contributed by atoms with Gasteiger partial charge in [0.1, 0.15) is 0 Å². The SMILES string of the molecule is CC(C)CN(CCC(=O)O)C(=O)c1ccc(S(=O)(=O)N(C)C(C)C)cc1. The lowest BCUT2D eigenvalue weighted by Gasteiger charge is -2.24. The number of nitrogens with zero attached hydrogens (tertiary/aromatic N) is 2. The van der Waals surface area contributed by atoms with E-state index in [0.717, 1.165) is 0 Å². The molecule has 0 aliphatic heterocycles. The highest BCUT2D eigenvalue weighted by Crippen LogP contribution is 2.18.